The van der Waals surface area contributed by atoms with Crippen LogP contribution in [0.1, 0.15) is 0 Å². The zero-order valence-electron chi connectivity index (χ0n) is 13.2. The lowest BCUT2D eigenvalue weighted by atomic mass is 10.2. The molecule has 1 aromatic heterocycles. The SMILES string of the molecule is Nc1nc(N2CCN(c3ccccc3F)CC2)nc2ccccc12. The van der Waals surface area contributed by atoms with E-state index in [0.717, 1.165) is 37.1 Å². The Balaban J connectivity index is 1.55. The monoisotopic (exact) mass is 323 g/mol. The van der Waals surface area contributed by atoms with Crippen molar-refractivity contribution in [1.82, 2.24) is 9.97 Å². The molecule has 0 amide bonds. The Morgan fingerprint density at radius 1 is 0.833 bits per heavy atom. The molecule has 0 saturated carbocycles. The summed E-state index contributed by atoms with van der Waals surface area (Å²) in [5, 5.41) is 0.867. The Morgan fingerprint density at radius 2 is 1.50 bits per heavy atom. The van der Waals surface area contributed by atoms with Crippen LogP contribution in [0.2, 0.25) is 0 Å². The van der Waals surface area contributed by atoms with E-state index in [2.05, 4.69) is 19.8 Å². The normalized spacial score (nSPS) is 15.0. The molecule has 0 bridgehead atoms. The molecular formula is C18H18FN5. The molecule has 0 spiro atoms. The first-order valence-corrected chi connectivity index (χ1v) is 7.99. The summed E-state index contributed by atoms with van der Waals surface area (Å²) in [5.74, 6) is 0.948. The van der Waals surface area contributed by atoms with E-state index in [9.17, 15) is 4.39 Å². The topological polar surface area (TPSA) is 58.3 Å². The highest BCUT2D eigenvalue weighted by molar-refractivity contribution is 5.88. The number of para-hydroxylation sites is 2. The first-order chi connectivity index (χ1) is 11.7. The molecule has 4 rings (SSSR count). The number of benzene rings is 2. The number of anilines is 3. The van der Waals surface area contributed by atoms with E-state index in [4.69, 9.17) is 5.73 Å². The number of nitrogens with two attached hydrogens (primary N) is 1. The minimum absolute atomic E-state index is 0.183. The fourth-order valence-electron chi connectivity index (χ4n) is 3.09. The van der Waals surface area contributed by atoms with Gasteiger partial charge in [-0.1, -0.05) is 24.3 Å². The highest BCUT2D eigenvalue weighted by Crippen LogP contribution is 2.24. The van der Waals surface area contributed by atoms with E-state index >= 15 is 0 Å². The van der Waals surface area contributed by atoms with Crippen molar-refractivity contribution in [2.75, 3.05) is 41.7 Å². The van der Waals surface area contributed by atoms with Crippen molar-refractivity contribution in [3.05, 3.63) is 54.3 Å². The third kappa shape index (κ3) is 2.60. The molecule has 0 radical (unpaired) electrons. The van der Waals surface area contributed by atoms with Gasteiger partial charge in [0.25, 0.3) is 0 Å². The lowest BCUT2D eigenvalue weighted by Gasteiger charge is -2.36. The van der Waals surface area contributed by atoms with E-state index in [0.29, 0.717) is 17.5 Å². The van der Waals surface area contributed by atoms with Crippen molar-refractivity contribution in [1.29, 1.82) is 0 Å². The van der Waals surface area contributed by atoms with Crippen molar-refractivity contribution >= 4 is 28.4 Å². The van der Waals surface area contributed by atoms with Gasteiger partial charge in [-0.25, -0.2) is 9.37 Å². The molecule has 2 aromatic carbocycles. The quantitative estimate of drug-likeness (QED) is 0.786. The number of piperazine rings is 1. The van der Waals surface area contributed by atoms with Gasteiger partial charge in [0.15, 0.2) is 0 Å². The molecule has 24 heavy (non-hydrogen) atoms. The van der Waals surface area contributed by atoms with Crippen LogP contribution in [0, 0.1) is 5.82 Å². The van der Waals surface area contributed by atoms with Crippen molar-refractivity contribution < 1.29 is 4.39 Å². The Labute approximate surface area is 139 Å². The summed E-state index contributed by atoms with van der Waals surface area (Å²) in [6.45, 7) is 2.90. The molecule has 1 aliphatic heterocycles. The lowest BCUT2D eigenvalue weighted by Crippen LogP contribution is -2.47. The number of rotatable bonds is 2. The molecule has 0 unspecified atom stereocenters. The molecule has 2 N–H and O–H groups in total. The highest BCUT2D eigenvalue weighted by Gasteiger charge is 2.21. The van der Waals surface area contributed by atoms with Crippen LogP contribution in [0.5, 0.6) is 0 Å². The lowest BCUT2D eigenvalue weighted by molar-refractivity contribution is 0.594. The van der Waals surface area contributed by atoms with Crippen LogP contribution in [-0.4, -0.2) is 36.1 Å². The largest absolute Gasteiger partial charge is 0.383 e. The minimum Gasteiger partial charge on any atom is -0.383 e. The van der Waals surface area contributed by atoms with Gasteiger partial charge < -0.3 is 15.5 Å². The standard InChI is InChI=1S/C18H18FN5/c19-14-6-2-4-8-16(14)23-9-11-24(12-10-23)18-21-15-7-3-1-5-13(15)17(20)22-18/h1-8H,9-12H2,(H2,20,21,22). The first kappa shape index (κ1) is 14.7. The van der Waals surface area contributed by atoms with E-state index in [1.807, 2.05) is 36.4 Å². The Kier molecular flexibility index (Phi) is 3.65. The number of hydrogen-bond donors (Lipinski definition) is 1. The summed E-state index contributed by atoms with van der Waals surface area (Å²) in [6, 6.07) is 14.6. The van der Waals surface area contributed by atoms with Gasteiger partial charge in [0.05, 0.1) is 11.2 Å². The summed E-state index contributed by atoms with van der Waals surface area (Å²) in [5.41, 5.74) is 7.56. The molecule has 1 saturated heterocycles. The molecule has 3 aromatic rings. The predicted octanol–water partition coefficient (Wildman–Crippen LogP) is 2.68. The number of halogens is 1. The van der Waals surface area contributed by atoms with Crippen molar-refractivity contribution in [2.45, 2.75) is 0 Å². The predicted molar refractivity (Wildman–Crippen MR) is 94.8 cm³/mol. The van der Waals surface area contributed by atoms with E-state index in [1.165, 1.54) is 6.07 Å². The van der Waals surface area contributed by atoms with Crippen molar-refractivity contribution in [3.63, 3.8) is 0 Å². The fraction of sp³-hybridized carbons (Fsp3) is 0.222. The number of nitrogens with zero attached hydrogens (tertiary/aromatic N) is 4. The van der Waals surface area contributed by atoms with Gasteiger partial charge in [-0.2, -0.15) is 4.98 Å². The van der Waals surface area contributed by atoms with Crippen LogP contribution in [0.4, 0.5) is 21.8 Å². The van der Waals surface area contributed by atoms with Gasteiger partial charge in [-0.05, 0) is 24.3 Å². The third-order valence-electron chi connectivity index (χ3n) is 4.38. The molecular weight excluding hydrogens is 305 g/mol. The number of aromatic nitrogens is 2. The summed E-state index contributed by atoms with van der Waals surface area (Å²) in [6.07, 6.45) is 0. The average molecular weight is 323 g/mol. The molecule has 122 valence electrons. The van der Waals surface area contributed by atoms with Crippen LogP contribution < -0.4 is 15.5 Å². The number of fused-ring (bicyclic) bond motifs is 1. The summed E-state index contributed by atoms with van der Waals surface area (Å²) in [7, 11) is 0. The Bertz CT molecular complexity index is 874. The maximum Gasteiger partial charge on any atom is 0.228 e. The van der Waals surface area contributed by atoms with Gasteiger partial charge in [0.1, 0.15) is 11.6 Å². The minimum atomic E-state index is -0.183. The highest BCUT2D eigenvalue weighted by atomic mass is 19.1. The zero-order chi connectivity index (χ0) is 16.5. The van der Waals surface area contributed by atoms with Gasteiger partial charge >= 0.3 is 0 Å². The van der Waals surface area contributed by atoms with Gasteiger partial charge in [-0.15, -0.1) is 0 Å². The Morgan fingerprint density at radius 3 is 2.29 bits per heavy atom. The second-order valence-electron chi connectivity index (χ2n) is 5.85. The Hall–Kier alpha value is -2.89. The molecule has 5 nitrogen and oxygen atoms in total. The van der Waals surface area contributed by atoms with Crippen LogP contribution in [-0.2, 0) is 0 Å². The van der Waals surface area contributed by atoms with Gasteiger partial charge in [-0.3, -0.25) is 0 Å². The molecule has 1 fully saturated rings. The second-order valence-corrected chi connectivity index (χ2v) is 5.85. The average Bonchev–Trinajstić information content (AvgIpc) is 2.62. The maximum atomic E-state index is 13.9. The molecule has 0 atom stereocenters. The van der Waals surface area contributed by atoms with Crippen molar-refractivity contribution in [2.24, 2.45) is 0 Å². The van der Waals surface area contributed by atoms with Crippen LogP contribution in [0.15, 0.2) is 48.5 Å². The smallest absolute Gasteiger partial charge is 0.228 e. The van der Waals surface area contributed by atoms with E-state index in [-0.39, 0.29) is 5.82 Å². The van der Waals surface area contributed by atoms with E-state index in [1.54, 1.807) is 6.07 Å². The molecule has 2 heterocycles. The second kappa shape index (κ2) is 5.96. The summed E-state index contributed by atoms with van der Waals surface area (Å²) < 4.78 is 13.9. The molecule has 1 aliphatic rings. The molecule has 6 heteroatoms. The van der Waals surface area contributed by atoms with Gasteiger partial charge in [0, 0.05) is 31.6 Å². The number of hydrogen-bond acceptors (Lipinski definition) is 5. The third-order valence-corrected chi connectivity index (χ3v) is 4.38. The van der Waals surface area contributed by atoms with Crippen LogP contribution in [0.3, 0.4) is 0 Å². The van der Waals surface area contributed by atoms with Crippen LogP contribution >= 0.6 is 0 Å². The molecule has 0 aliphatic carbocycles. The fourth-order valence-corrected chi connectivity index (χ4v) is 3.09. The maximum absolute atomic E-state index is 13.9. The first-order valence-electron chi connectivity index (χ1n) is 7.99. The van der Waals surface area contributed by atoms with E-state index < -0.39 is 0 Å². The van der Waals surface area contributed by atoms with Crippen molar-refractivity contribution in [3.8, 4) is 0 Å². The number of nitrogen functional groups attached to an aromatic ring is 1. The zero-order valence-corrected chi connectivity index (χ0v) is 13.2. The van der Waals surface area contributed by atoms with Crippen LogP contribution in [0.25, 0.3) is 10.9 Å². The van der Waals surface area contributed by atoms with Gasteiger partial charge in [0.2, 0.25) is 5.95 Å². The summed E-state index contributed by atoms with van der Waals surface area (Å²) in [4.78, 5) is 13.2. The summed E-state index contributed by atoms with van der Waals surface area (Å²) >= 11 is 0.